The van der Waals surface area contributed by atoms with Gasteiger partial charge in [0, 0.05) is 25.6 Å². The molecule has 0 saturated carbocycles. The van der Waals surface area contributed by atoms with Crippen LogP contribution in [0.1, 0.15) is 33.1 Å². The van der Waals surface area contributed by atoms with Crippen LogP contribution in [0.3, 0.4) is 0 Å². The van der Waals surface area contributed by atoms with Gasteiger partial charge in [-0.05, 0) is 25.8 Å². The number of sulfone groups is 1. The van der Waals surface area contributed by atoms with E-state index in [9.17, 15) is 13.2 Å². The van der Waals surface area contributed by atoms with Crippen LogP contribution in [-0.2, 0) is 14.6 Å². The fourth-order valence-corrected chi connectivity index (χ4v) is 3.98. The van der Waals surface area contributed by atoms with Crippen molar-refractivity contribution in [2.45, 2.75) is 39.2 Å². The van der Waals surface area contributed by atoms with E-state index in [2.05, 4.69) is 19.2 Å². The first-order valence-corrected chi connectivity index (χ1v) is 8.79. The van der Waals surface area contributed by atoms with Crippen molar-refractivity contribution >= 4 is 15.7 Å². The summed E-state index contributed by atoms with van der Waals surface area (Å²) in [5, 5.41) is 2.89. The summed E-state index contributed by atoms with van der Waals surface area (Å²) in [5.41, 5.74) is 0. The van der Waals surface area contributed by atoms with E-state index in [1.165, 1.54) is 0 Å². The van der Waals surface area contributed by atoms with Crippen molar-refractivity contribution in [3.8, 4) is 0 Å². The van der Waals surface area contributed by atoms with Gasteiger partial charge in [-0.25, -0.2) is 8.42 Å². The lowest BCUT2D eigenvalue weighted by atomic mass is 10.1. The molecule has 1 fully saturated rings. The Bertz CT molecular complexity index is 393. The molecule has 0 bridgehead atoms. The zero-order chi connectivity index (χ0) is 14.5. The van der Waals surface area contributed by atoms with E-state index in [0.717, 1.165) is 13.0 Å². The Labute approximate surface area is 116 Å². The third-order valence-corrected chi connectivity index (χ3v) is 5.32. The fraction of sp³-hybridized carbons (Fsp3) is 0.923. The molecule has 1 rings (SSSR count). The zero-order valence-corrected chi connectivity index (χ0v) is 13.0. The summed E-state index contributed by atoms with van der Waals surface area (Å²) in [5.74, 6) is 1.15. The predicted molar refractivity (Wildman–Crippen MR) is 76.8 cm³/mol. The first-order valence-electron chi connectivity index (χ1n) is 6.97. The molecular formula is C13H26N2O3S. The second-order valence-corrected chi connectivity index (χ2v) is 8.05. The van der Waals surface area contributed by atoms with Crippen molar-refractivity contribution in [2.24, 2.45) is 5.92 Å². The average molecular weight is 290 g/mol. The van der Waals surface area contributed by atoms with Crippen molar-refractivity contribution < 1.29 is 13.2 Å². The molecule has 1 N–H and O–H groups in total. The number of hydrogen-bond acceptors (Lipinski definition) is 4. The first kappa shape index (κ1) is 16.4. The SMILES string of the molecule is CC(C)CCNC(=O)CCN(C)C1CCS(=O)(=O)C1. The van der Waals surface area contributed by atoms with Gasteiger partial charge in [-0.1, -0.05) is 13.8 Å². The van der Waals surface area contributed by atoms with Crippen LogP contribution in [0.2, 0.25) is 0 Å². The number of hydrogen-bond donors (Lipinski definition) is 1. The first-order chi connectivity index (χ1) is 8.80. The van der Waals surface area contributed by atoms with E-state index in [1.807, 2.05) is 11.9 Å². The van der Waals surface area contributed by atoms with E-state index in [1.54, 1.807) is 0 Å². The molecule has 1 aliphatic rings. The quantitative estimate of drug-likeness (QED) is 0.748. The number of amides is 1. The molecule has 1 heterocycles. The summed E-state index contributed by atoms with van der Waals surface area (Å²) in [6.45, 7) is 5.59. The van der Waals surface area contributed by atoms with Crippen LogP contribution >= 0.6 is 0 Å². The molecular weight excluding hydrogens is 264 g/mol. The lowest BCUT2D eigenvalue weighted by molar-refractivity contribution is -0.121. The van der Waals surface area contributed by atoms with E-state index in [-0.39, 0.29) is 23.5 Å². The largest absolute Gasteiger partial charge is 0.356 e. The van der Waals surface area contributed by atoms with Crippen LogP contribution < -0.4 is 5.32 Å². The molecule has 19 heavy (non-hydrogen) atoms. The van der Waals surface area contributed by atoms with Crippen LogP contribution in [0.4, 0.5) is 0 Å². The lowest BCUT2D eigenvalue weighted by Crippen LogP contribution is -2.36. The Morgan fingerprint density at radius 1 is 1.42 bits per heavy atom. The highest BCUT2D eigenvalue weighted by Crippen LogP contribution is 2.16. The zero-order valence-electron chi connectivity index (χ0n) is 12.2. The predicted octanol–water partition coefficient (Wildman–Crippen LogP) is 0.658. The van der Waals surface area contributed by atoms with Gasteiger partial charge in [-0.15, -0.1) is 0 Å². The van der Waals surface area contributed by atoms with Gasteiger partial charge in [0.15, 0.2) is 9.84 Å². The van der Waals surface area contributed by atoms with E-state index in [4.69, 9.17) is 0 Å². The Hall–Kier alpha value is -0.620. The Kier molecular flexibility index (Phi) is 6.26. The number of nitrogens with zero attached hydrogens (tertiary/aromatic N) is 1. The third kappa shape index (κ3) is 6.38. The number of carbonyl (C=O) groups excluding carboxylic acids is 1. The summed E-state index contributed by atoms with van der Waals surface area (Å²) in [7, 11) is -0.949. The molecule has 112 valence electrons. The summed E-state index contributed by atoms with van der Waals surface area (Å²) in [4.78, 5) is 13.6. The maximum absolute atomic E-state index is 11.6. The van der Waals surface area contributed by atoms with Crippen LogP contribution in [0.15, 0.2) is 0 Å². The Morgan fingerprint density at radius 3 is 2.63 bits per heavy atom. The van der Waals surface area contributed by atoms with Crippen LogP contribution in [-0.4, -0.2) is 56.9 Å². The molecule has 1 aliphatic heterocycles. The summed E-state index contributed by atoms with van der Waals surface area (Å²) in [6.07, 6.45) is 2.11. The standard InChI is InChI=1S/C13H26N2O3S/c1-11(2)4-7-14-13(16)5-8-15(3)12-6-9-19(17,18)10-12/h11-12H,4-10H2,1-3H3,(H,14,16). The Balaban J connectivity index is 2.19. The maximum atomic E-state index is 11.6. The topological polar surface area (TPSA) is 66.5 Å². The van der Waals surface area contributed by atoms with Gasteiger partial charge in [0.2, 0.25) is 5.91 Å². The van der Waals surface area contributed by atoms with Gasteiger partial charge in [0.1, 0.15) is 0 Å². The molecule has 1 amide bonds. The summed E-state index contributed by atoms with van der Waals surface area (Å²) in [6, 6.07) is 0.0773. The van der Waals surface area contributed by atoms with Crippen LogP contribution in [0.5, 0.6) is 0 Å². The number of rotatable bonds is 7. The van der Waals surface area contributed by atoms with Crippen molar-refractivity contribution in [3.05, 3.63) is 0 Å². The number of nitrogens with one attached hydrogen (secondary N) is 1. The van der Waals surface area contributed by atoms with Crippen LogP contribution in [0.25, 0.3) is 0 Å². The van der Waals surface area contributed by atoms with Gasteiger partial charge in [-0.2, -0.15) is 0 Å². The van der Waals surface area contributed by atoms with Crippen LogP contribution in [0, 0.1) is 5.92 Å². The number of carbonyl (C=O) groups is 1. The van der Waals surface area contributed by atoms with Gasteiger partial charge in [0.25, 0.3) is 0 Å². The van der Waals surface area contributed by atoms with Gasteiger partial charge < -0.3 is 10.2 Å². The highest BCUT2D eigenvalue weighted by Gasteiger charge is 2.30. The van der Waals surface area contributed by atoms with Gasteiger partial charge in [0.05, 0.1) is 11.5 Å². The average Bonchev–Trinajstić information content (AvgIpc) is 2.66. The highest BCUT2D eigenvalue weighted by molar-refractivity contribution is 7.91. The van der Waals surface area contributed by atoms with E-state index >= 15 is 0 Å². The molecule has 0 aromatic carbocycles. The van der Waals surface area contributed by atoms with Crippen molar-refractivity contribution in [1.82, 2.24) is 10.2 Å². The summed E-state index contributed by atoms with van der Waals surface area (Å²) < 4.78 is 22.8. The molecule has 1 saturated heterocycles. The highest BCUT2D eigenvalue weighted by atomic mass is 32.2. The van der Waals surface area contributed by atoms with Gasteiger partial charge in [-0.3, -0.25) is 4.79 Å². The molecule has 0 aromatic rings. The second kappa shape index (κ2) is 7.24. The minimum absolute atomic E-state index is 0.0494. The molecule has 1 unspecified atom stereocenters. The smallest absolute Gasteiger partial charge is 0.221 e. The second-order valence-electron chi connectivity index (χ2n) is 5.82. The minimum atomic E-state index is -2.84. The molecule has 1 atom stereocenters. The van der Waals surface area contributed by atoms with E-state index in [0.29, 0.717) is 25.3 Å². The van der Waals surface area contributed by atoms with Crippen molar-refractivity contribution in [2.75, 3.05) is 31.6 Å². The maximum Gasteiger partial charge on any atom is 0.221 e. The molecule has 6 heteroatoms. The molecule has 0 aliphatic carbocycles. The molecule has 5 nitrogen and oxygen atoms in total. The normalized spacial score (nSPS) is 22.1. The minimum Gasteiger partial charge on any atom is -0.356 e. The van der Waals surface area contributed by atoms with Crippen molar-refractivity contribution in [3.63, 3.8) is 0 Å². The monoisotopic (exact) mass is 290 g/mol. The molecule has 0 radical (unpaired) electrons. The Morgan fingerprint density at radius 2 is 2.11 bits per heavy atom. The van der Waals surface area contributed by atoms with E-state index < -0.39 is 9.84 Å². The lowest BCUT2D eigenvalue weighted by Gasteiger charge is -2.22. The fourth-order valence-electron chi connectivity index (χ4n) is 2.17. The molecule has 0 aromatic heterocycles. The van der Waals surface area contributed by atoms with Gasteiger partial charge >= 0.3 is 0 Å². The third-order valence-electron chi connectivity index (χ3n) is 3.57. The van der Waals surface area contributed by atoms with Crippen molar-refractivity contribution in [1.29, 1.82) is 0 Å². The molecule has 0 spiro atoms. The summed E-state index contributed by atoms with van der Waals surface area (Å²) >= 11 is 0.